The van der Waals surface area contributed by atoms with Gasteiger partial charge in [-0.2, -0.15) is 0 Å². The SMILES string of the molecule is CCCN(CCOc1cccc(N)c1)C(C)C. The van der Waals surface area contributed by atoms with Crippen LogP contribution in [0.25, 0.3) is 0 Å². The number of hydrogen-bond acceptors (Lipinski definition) is 3. The van der Waals surface area contributed by atoms with Crippen molar-refractivity contribution < 1.29 is 4.74 Å². The second kappa shape index (κ2) is 7.17. The second-order valence-corrected chi connectivity index (χ2v) is 4.55. The summed E-state index contributed by atoms with van der Waals surface area (Å²) in [5.41, 5.74) is 6.44. The summed E-state index contributed by atoms with van der Waals surface area (Å²) < 4.78 is 5.69. The molecular weight excluding hydrogens is 212 g/mol. The fourth-order valence-corrected chi connectivity index (χ4v) is 1.80. The first-order valence-electron chi connectivity index (χ1n) is 6.36. The Hall–Kier alpha value is -1.22. The fourth-order valence-electron chi connectivity index (χ4n) is 1.80. The molecule has 1 aromatic rings. The Morgan fingerprint density at radius 2 is 2.06 bits per heavy atom. The number of nitrogens with zero attached hydrogens (tertiary/aromatic N) is 1. The third kappa shape index (κ3) is 5.09. The van der Waals surface area contributed by atoms with Gasteiger partial charge in [0.15, 0.2) is 0 Å². The molecule has 0 aliphatic rings. The summed E-state index contributed by atoms with van der Waals surface area (Å²) in [5.74, 6) is 0.852. The van der Waals surface area contributed by atoms with E-state index in [4.69, 9.17) is 10.5 Å². The average molecular weight is 236 g/mol. The van der Waals surface area contributed by atoms with E-state index in [0.717, 1.165) is 24.5 Å². The van der Waals surface area contributed by atoms with Crippen LogP contribution in [0.3, 0.4) is 0 Å². The fraction of sp³-hybridized carbons (Fsp3) is 0.571. The molecule has 2 N–H and O–H groups in total. The number of rotatable bonds is 7. The van der Waals surface area contributed by atoms with Crippen molar-refractivity contribution in [2.45, 2.75) is 33.2 Å². The minimum Gasteiger partial charge on any atom is -0.492 e. The highest BCUT2D eigenvalue weighted by molar-refractivity contribution is 5.43. The van der Waals surface area contributed by atoms with Gasteiger partial charge in [-0.3, -0.25) is 4.90 Å². The zero-order valence-electron chi connectivity index (χ0n) is 11.1. The molecule has 0 heterocycles. The Morgan fingerprint density at radius 1 is 1.29 bits per heavy atom. The molecule has 96 valence electrons. The Morgan fingerprint density at radius 3 is 2.65 bits per heavy atom. The van der Waals surface area contributed by atoms with Crippen molar-refractivity contribution in [1.82, 2.24) is 4.90 Å². The van der Waals surface area contributed by atoms with Crippen molar-refractivity contribution in [1.29, 1.82) is 0 Å². The van der Waals surface area contributed by atoms with Crippen molar-refractivity contribution >= 4 is 5.69 Å². The van der Waals surface area contributed by atoms with E-state index in [-0.39, 0.29) is 0 Å². The molecule has 0 bridgehead atoms. The van der Waals surface area contributed by atoms with Gasteiger partial charge in [0.25, 0.3) is 0 Å². The lowest BCUT2D eigenvalue weighted by Crippen LogP contribution is -2.35. The van der Waals surface area contributed by atoms with Crippen LogP contribution in [0.1, 0.15) is 27.2 Å². The topological polar surface area (TPSA) is 38.5 Å². The van der Waals surface area contributed by atoms with Gasteiger partial charge < -0.3 is 10.5 Å². The number of hydrogen-bond donors (Lipinski definition) is 1. The number of nitrogen functional groups attached to an aromatic ring is 1. The van der Waals surface area contributed by atoms with Crippen LogP contribution in [-0.2, 0) is 0 Å². The van der Waals surface area contributed by atoms with Gasteiger partial charge in [-0.25, -0.2) is 0 Å². The lowest BCUT2D eigenvalue weighted by molar-refractivity contribution is 0.176. The summed E-state index contributed by atoms with van der Waals surface area (Å²) in [5, 5.41) is 0. The molecule has 3 heteroatoms. The van der Waals surface area contributed by atoms with Crippen LogP contribution in [0.5, 0.6) is 5.75 Å². The molecule has 0 radical (unpaired) electrons. The van der Waals surface area contributed by atoms with Crippen LogP contribution in [0.2, 0.25) is 0 Å². The van der Waals surface area contributed by atoms with Crippen molar-refractivity contribution in [3.63, 3.8) is 0 Å². The van der Waals surface area contributed by atoms with Gasteiger partial charge in [0, 0.05) is 24.3 Å². The van der Waals surface area contributed by atoms with Gasteiger partial charge in [0.2, 0.25) is 0 Å². The Balaban J connectivity index is 2.35. The van der Waals surface area contributed by atoms with Crippen LogP contribution in [0.4, 0.5) is 5.69 Å². The van der Waals surface area contributed by atoms with Crippen LogP contribution in [-0.4, -0.2) is 30.6 Å². The molecule has 0 aromatic heterocycles. The molecule has 0 spiro atoms. The maximum atomic E-state index is 5.70. The van der Waals surface area contributed by atoms with E-state index in [1.54, 1.807) is 0 Å². The van der Waals surface area contributed by atoms with E-state index in [1.807, 2.05) is 24.3 Å². The lowest BCUT2D eigenvalue weighted by atomic mass is 10.3. The van der Waals surface area contributed by atoms with E-state index in [1.165, 1.54) is 6.42 Å². The molecule has 0 atom stereocenters. The molecule has 3 nitrogen and oxygen atoms in total. The maximum Gasteiger partial charge on any atom is 0.121 e. The monoisotopic (exact) mass is 236 g/mol. The summed E-state index contributed by atoms with van der Waals surface area (Å²) >= 11 is 0. The summed E-state index contributed by atoms with van der Waals surface area (Å²) in [4.78, 5) is 2.42. The van der Waals surface area contributed by atoms with Crippen LogP contribution in [0.15, 0.2) is 24.3 Å². The van der Waals surface area contributed by atoms with Gasteiger partial charge in [-0.15, -0.1) is 0 Å². The number of benzene rings is 1. The Kier molecular flexibility index (Phi) is 5.84. The standard InChI is InChI=1S/C14H24N2O/c1-4-8-16(12(2)3)9-10-17-14-7-5-6-13(15)11-14/h5-7,11-12H,4,8-10,15H2,1-3H3. The van der Waals surface area contributed by atoms with E-state index < -0.39 is 0 Å². The first-order valence-corrected chi connectivity index (χ1v) is 6.36. The molecular formula is C14H24N2O. The highest BCUT2D eigenvalue weighted by Crippen LogP contribution is 2.14. The van der Waals surface area contributed by atoms with E-state index in [0.29, 0.717) is 12.6 Å². The predicted octanol–water partition coefficient (Wildman–Crippen LogP) is 2.77. The molecule has 0 aliphatic carbocycles. The molecule has 0 saturated carbocycles. The van der Waals surface area contributed by atoms with Crippen molar-refractivity contribution in [2.24, 2.45) is 0 Å². The molecule has 17 heavy (non-hydrogen) atoms. The third-order valence-electron chi connectivity index (χ3n) is 2.75. The van der Waals surface area contributed by atoms with Crippen molar-refractivity contribution in [3.8, 4) is 5.75 Å². The second-order valence-electron chi connectivity index (χ2n) is 4.55. The molecule has 0 amide bonds. The van der Waals surface area contributed by atoms with Gasteiger partial charge >= 0.3 is 0 Å². The lowest BCUT2D eigenvalue weighted by Gasteiger charge is -2.25. The Bertz CT molecular complexity index is 326. The zero-order chi connectivity index (χ0) is 12.7. The van der Waals surface area contributed by atoms with E-state index >= 15 is 0 Å². The third-order valence-corrected chi connectivity index (χ3v) is 2.75. The summed E-state index contributed by atoms with van der Waals surface area (Å²) in [6.07, 6.45) is 1.18. The zero-order valence-corrected chi connectivity index (χ0v) is 11.1. The van der Waals surface area contributed by atoms with E-state index in [2.05, 4.69) is 25.7 Å². The van der Waals surface area contributed by atoms with Gasteiger partial charge in [0.05, 0.1) is 0 Å². The number of anilines is 1. The molecule has 0 aliphatic heterocycles. The highest BCUT2D eigenvalue weighted by Gasteiger charge is 2.07. The first kappa shape index (κ1) is 13.8. The normalized spacial score (nSPS) is 11.1. The Labute approximate surface area is 105 Å². The predicted molar refractivity (Wildman–Crippen MR) is 73.3 cm³/mol. The molecule has 1 rings (SSSR count). The summed E-state index contributed by atoms with van der Waals surface area (Å²) in [7, 11) is 0. The average Bonchev–Trinajstić information content (AvgIpc) is 2.28. The first-order chi connectivity index (χ1) is 8.13. The summed E-state index contributed by atoms with van der Waals surface area (Å²) in [6.45, 7) is 9.43. The molecule has 1 aromatic carbocycles. The van der Waals surface area contributed by atoms with Crippen LogP contribution in [0, 0.1) is 0 Å². The number of ether oxygens (including phenoxy) is 1. The minimum atomic E-state index is 0.569. The minimum absolute atomic E-state index is 0.569. The quantitative estimate of drug-likeness (QED) is 0.740. The molecule has 0 fully saturated rings. The maximum absolute atomic E-state index is 5.70. The van der Waals surface area contributed by atoms with Gasteiger partial charge in [0.1, 0.15) is 12.4 Å². The molecule has 0 unspecified atom stereocenters. The van der Waals surface area contributed by atoms with Crippen LogP contribution >= 0.6 is 0 Å². The summed E-state index contributed by atoms with van der Waals surface area (Å²) in [6, 6.07) is 8.15. The van der Waals surface area contributed by atoms with Gasteiger partial charge in [-0.05, 0) is 38.9 Å². The molecule has 0 saturated heterocycles. The largest absolute Gasteiger partial charge is 0.492 e. The smallest absolute Gasteiger partial charge is 0.121 e. The van der Waals surface area contributed by atoms with Crippen molar-refractivity contribution in [2.75, 3.05) is 25.4 Å². The highest BCUT2D eigenvalue weighted by atomic mass is 16.5. The van der Waals surface area contributed by atoms with Crippen LogP contribution < -0.4 is 10.5 Å². The number of nitrogens with two attached hydrogens (primary N) is 1. The van der Waals surface area contributed by atoms with E-state index in [9.17, 15) is 0 Å². The van der Waals surface area contributed by atoms with Crippen molar-refractivity contribution in [3.05, 3.63) is 24.3 Å². The van der Waals surface area contributed by atoms with Gasteiger partial charge in [-0.1, -0.05) is 13.0 Å².